The Balaban J connectivity index is 0.00000145. The van der Waals surface area contributed by atoms with Gasteiger partial charge in [-0.05, 0) is 25.3 Å². The minimum atomic E-state index is -0.514. The van der Waals surface area contributed by atoms with Crippen LogP contribution in [-0.2, 0) is 22.6 Å². The third-order valence-corrected chi connectivity index (χ3v) is 4.49. The number of hydrogen-bond acceptors (Lipinski definition) is 6. The highest BCUT2D eigenvalue weighted by Gasteiger charge is 2.34. The van der Waals surface area contributed by atoms with Gasteiger partial charge >= 0.3 is 0 Å². The number of carbonyl (C=O) groups is 2. The SMILES string of the molecule is CC.Cc1cc(CC(=O)N2CCCC2C(=O)NCc2ccc([N+](=O)[O-])cc2)on1. The number of hydrogen-bond donors (Lipinski definition) is 1. The van der Waals surface area contributed by atoms with Gasteiger partial charge in [-0.15, -0.1) is 0 Å². The summed E-state index contributed by atoms with van der Waals surface area (Å²) in [6.45, 7) is 6.56. The lowest BCUT2D eigenvalue weighted by molar-refractivity contribution is -0.384. The van der Waals surface area contributed by atoms with Gasteiger partial charge in [0.15, 0.2) is 0 Å². The second-order valence-electron chi connectivity index (χ2n) is 6.50. The molecule has 1 saturated heterocycles. The normalized spacial score (nSPS) is 15.4. The smallest absolute Gasteiger partial charge is 0.269 e. The second kappa shape index (κ2) is 10.4. The molecule has 9 heteroatoms. The lowest BCUT2D eigenvalue weighted by Crippen LogP contribution is -2.46. The van der Waals surface area contributed by atoms with E-state index in [0.717, 1.165) is 12.0 Å². The average molecular weight is 402 g/mol. The largest absolute Gasteiger partial charge is 0.361 e. The zero-order valence-corrected chi connectivity index (χ0v) is 16.9. The minimum absolute atomic E-state index is 0.000272. The molecule has 0 radical (unpaired) electrons. The van der Waals surface area contributed by atoms with Crippen LogP contribution in [0.3, 0.4) is 0 Å². The number of likely N-dealkylation sites (tertiary alicyclic amines) is 1. The molecule has 1 aliphatic rings. The van der Waals surface area contributed by atoms with E-state index in [1.807, 2.05) is 13.8 Å². The van der Waals surface area contributed by atoms with Gasteiger partial charge in [-0.25, -0.2) is 0 Å². The fraction of sp³-hybridized carbons (Fsp3) is 0.450. The van der Waals surface area contributed by atoms with Gasteiger partial charge in [0.25, 0.3) is 5.69 Å². The van der Waals surface area contributed by atoms with Crippen LogP contribution in [0.5, 0.6) is 0 Å². The molecule has 2 aromatic rings. The van der Waals surface area contributed by atoms with E-state index in [4.69, 9.17) is 4.52 Å². The van der Waals surface area contributed by atoms with Crippen LogP contribution in [0.2, 0.25) is 0 Å². The van der Waals surface area contributed by atoms with Crippen LogP contribution >= 0.6 is 0 Å². The van der Waals surface area contributed by atoms with Crippen molar-refractivity contribution in [2.75, 3.05) is 6.54 Å². The first-order chi connectivity index (χ1) is 13.9. The topological polar surface area (TPSA) is 119 Å². The predicted molar refractivity (Wildman–Crippen MR) is 106 cm³/mol. The fourth-order valence-corrected chi connectivity index (χ4v) is 3.13. The first-order valence-electron chi connectivity index (χ1n) is 9.67. The standard InChI is InChI=1S/C18H20N4O5.C2H6/c1-12-9-15(27-20-12)10-17(23)21-8-2-3-16(21)18(24)19-11-13-4-6-14(7-5-13)22(25)26;1-2/h4-7,9,16H,2-3,8,10-11H2,1H3,(H,19,24);1-2H3. The van der Waals surface area contributed by atoms with Crippen LogP contribution in [0.4, 0.5) is 5.69 Å². The van der Waals surface area contributed by atoms with E-state index < -0.39 is 11.0 Å². The van der Waals surface area contributed by atoms with Crippen molar-refractivity contribution in [2.45, 2.75) is 52.6 Å². The van der Waals surface area contributed by atoms with Gasteiger partial charge in [0.2, 0.25) is 11.8 Å². The zero-order valence-electron chi connectivity index (χ0n) is 16.9. The molecule has 1 aromatic heterocycles. The molecular weight excluding hydrogens is 376 g/mol. The highest BCUT2D eigenvalue weighted by molar-refractivity contribution is 5.88. The summed E-state index contributed by atoms with van der Waals surface area (Å²) in [5.41, 5.74) is 1.46. The number of aromatic nitrogens is 1. The number of amides is 2. The summed E-state index contributed by atoms with van der Waals surface area (Å²) in [5, 5.41) is 17.2. The Labute approximate surface area is 169 Å². The Bertz CT molecular complexity index is 847. The van der Waals surface area contributed by atoms with Crippen molar-refractivity contribution in [3.8, 4) is 0 Å². The van der Waals surface area contributed by atoms with Gasteiger partial charge in [0.05, 0.1) is 17.0 Å². The average Bonchev–Trinajstić information content (AvgIpc) is 3.37. The van der Waals surface area contributed by atoms with E-state index in [9.17, 15) is 19.7 Å². The number of nitro benzene ring substituents is 1. The van der Waals surface area contributed by atoms with Gasteiger partial charge in [0, 0.05) is 31.3 Å². The Morgan fingerprint density at radius 3 is 2.59 bits per heavy atom. The zero-order chi connectivity index (χ0) is 21.4. The molecule has 1 unspecified atom stereocenters. The third-order valence-electron chi connectivity index (χ3n) is 4.49. The highest BCUT2D eigenvalue weighted by Crippen LogP contribution is 2.19. The first kappa shape index (κ1) is 22.1. The number of aryl methyl sites for hydroxylation is 1. The molecule has 0 saturated carbocycles. The Morgan fingerprint density at radius 1 is 1.31 bits per heavy atom. The summed E-state index contributed by atoms with van der Waals surface area (Å²) in [6, 6.07) is 7.18. The lowest BCUT2D eigenvalue weighted by atomic mass is 10.1. The Morgan fingerprint density at radius 2 is 2.00 bits per heavy atom. The maximum Gasteiger partial charge on any atom is 0.269 e. The van der Waals surface area contributed by atoms with Crippen molar-refractivity contribution in [1.82, 2.24) is 15.4 Å². The molecule has 2 heterocycles. The molecule has 156 valence electrons. The number of benzene rings is 1. The van der Waals surface area contributed by atoms with Crippen LogP contribution in [0.1, 0.15) is 43.7 Å². The Kier molecular flexibility index (Phi) is 7.88. The number of carbonyl (C=O) groups excluding carboxylic acids is 2. The number of rotatable bonds is 6. The van der Waals surface area contributed by atoms with Gasteiger partial charge < -0.3 is 14.7 Å². The summed E-state index contributed by atoms with van der Waals surface area (Å²) in [5.74, 6) is 0.0847. The van der Waals surface area contributed by atoms with Crippen LogP contribution in [-0.4, -0.2) is 39.4 Å². The van der Waals surface area contributed by atoms with Crippen LogP contribution in [0.25, 0.3) is 0 Å². The minimum Gasteiger partial charge on any atom is -0.361 e. The number of nitro groups is 1. The lowest BCUT2D eigenvalue weighted by Gasteiger charge is -2.23. The van der Waals surface area contributed by atoms with Crippen LogP contribution < -0.4 is 5.32 Å². The molecule has 1 N–H and O–H groups in total. The summed E-state index contributed by atoms with van der Waals surface area (Å²) < 4.78 is 5.08. The molecular formula is C20H26N4O5. The van der Waals surface area contributed by atoms with E-state index >= 15 is 0 Å². The van der Waals surface area contributed by atoms with Crippen molar-refractivity contribution >= 4 is 17.5 Å². The van der Waals surface area contributed by atoms with Gasteiger partial charge in [0.1, 0.15) is 11.8 Å². The highest BCUT2D eigenvalue weighted by atomic mass is 16.6. The molecule has 9 nitrogen and oxygen atoms in total. The predicted octanol–water partition coefficient (Wildman–Crippen LogP) is 2.77. The first-order valence-corrected chi connectivity index (χ1v) is 9.67. The van der Waals surface area contributed by atoms with Crippen molar-refractivity contribution in [3.63, 3.8) is 0 Å². The molecule has 0 bridgehead atoms. The summed E-state index contributed by atoms with van der Waals surface area (Å²) in [4.78, 5) is 36.8. The molecule has 0 aliphatic carbocycles. The van der Waals surface area contributed by atoms with Crippen molar-refractivity contribution in [3.05, 3.63) is 57.5 Å². The number of non-ortho nitro benzene ring substituents is 1. The van der Waals surface area contributed by atoms with Gasteiger partial charge in [-0.2, -0.15) is 0 Å². The van der Waals surface area contributed by atoms with E-state index in [1.54, 1.807) is 30.0 Å². The summed E-state index contributed by atoms with van der Waals surface area (Å²) in [6.07, 6.45) is 1.44. The van der Waals surface area contributed by atoms with Crippen molar-refractivity contribution in [2.24, 2.45) is 0 Å². The van der Waals surface area contributed by atoms with Crippen LogP contribution in [0.15, 0.2) is 34.9 Å². The molecule has 0 spiro atoms. The number of nitrogens with zero attached hydrogens (tertiary/aromatic N) is 3. The quantitative estimate of drug-likeness (QED) is 0.586. The molecule has 1 aliphatic heterocycles. The van der Waals surface area contributed by atoms with Crippen LogP contribution in [0, 0.1) is 17.0 Å². The maximum absolute atomic E-state index is 12.5. The third kappa shape index (κ3) is 5.87. The van der Waals surface area contributed by atoms with E-state index in [-0.39, 0.29) is 30.5 Å². The molecule has 1 fully saturated rings. The van der Waals surface area contributed by atoms with E-state index in [2.05, 4.69) is 10.5 Å². The maximum atomic E-state index is 12.5. The van der Waals surface area contributed by atoms with Crippen molar-refractivity contribution in [1.29, 1.82) is 0 Å². The molecule has 29 heavy (non-hydrogen) atoms. The second-order valence-corrected chi connectivity index (χ2v) is 6.50. The van der Waals surface area contributed by atoms with E-state index in [0.29, 0.717) is 24.4 Å². The Hall–Kier alpha value is -3.23. The monoisotopic (exact) mass is 402 g/mol. The van der Waals surface area contributed by atoms with Gasteiger partial charge in [-0.1, -0.05) is 31.1 Å². The summed E-state index contributed by atoms with van der Waals surface area (Å²) >= 11 is 0. The number of nitrogens with one attached hydrogen (secondary N) is 1. The van der Waals surface area contributed by atoms with Gasteiger partial charge in [-0.3, -0.25) is 19.7 Å². The van der Waals surface area contributed by atoms with E-state index in [1.165, 1.54) is 12.1 Å². The van der Waals surface area contributed by atoms with Crippen molar-refractivity contribution < 1.29 is 19.0 Å². The fourth-order valence-electron chi connectivity index (χ4n) is 3.13. The molecule has 2 amide bonds. The molecule has 1 atom stereocenters. The molecule has 1 aromatic carbocycles. The molecule has 3 rings (SSSR count). The summed E-state index contributed by atoms with van der Waals surface area (Å²) in [7, 11) is 0.